The van der Waals surface area contributed by atoms with Gasteiger partial charge in [-0.25, -0.2) is 29.9 Å². The second-order valence-corrected chi connectivity index (χ2v) is 36.1. The number of hydrogen-bond donors (Lipinski definition) is 0. The Bertz CT molecular complexity index is 9840. The molecular formula is C126H77N9O2S. The van der Waals surface area contributed by atoms with E-state index in [-0.39, 0.29) is 0 Å². The van der Waals surface area contributed by atoms with Crippen molar-refractivity contribution in [3.63, 3.8) is 0 Å². The number of pyridine rings is 1. The minimum absolute atomic E-state index is 0.643. The van der Waals surface area contributed by atoms with Crippen LogP contribution in [-0.4, -0.2) is 43.6 Å². The molecule has 0 radical (unpaired) electrons. The second-order valence-electron chi connectivity index (χ2n) is 35.0. The van der Waals surface area contributed by atoms with Gasteiger partial charge in [0.15, 0.2) is 23.3 Å². The molecule has 11 nitrogen and oxygen atoms in total. The zero-order chi connectivity index (χ0) is 90.8. The number of rotatable bonds is 11. The molecule has 0 saturated carbocycles. The first kappa shape index (κ1) is 79.4. The molecule has 644 valence electrons. The van der Waals surface area contributed by atoms with Crippen molar-refractivity contribution >= 4 is 174 Å². The molecule has 12 heteroatoms. The number of para-hydroxylation sites is 6. The molecule has 29 aromatic rings. The molecule has 138 heavy (non-hydrogen) atoms. The summed E-state index contributed by atoms with van der Waals surface area (Å²) in [6.07, 6.45) is 0. The van der Waals surface area contributed by atoms with E-state index in [9.17, 15) is 0 Å². The van der Waals surface area contributed by atoms with Crippen LogP contribution >= 0.6 is 11.3 Å². The summed E-state index contributed by atoms with van der Waals surface area (Å²) >= 11 is 1.88. The minimum Gasteiger partial charge on any atom is -0.455 e. The zero-order valence-corrected chi connectivity index (χ0v) is 75.0. The van der Waals surface area contributed by atoms with E-state index in [0.717, 1.165) is 171 Å². The molecule has 0 aliphatic heterocycles. The van der Waals surface area contributed by atoms with E-state index in [1.165, 1.54) is 80.6 Å². The number of thiophene rings is 1. The summed E-state index contributed by atoms with van der Waals surface area (Å²) in [6, 6.07) is 164. The van der Waals surface area contributed by atoms with Crippen LogP contribution in [0.15, 0.2) is 476 Å². The fraction of sp³-hybridized carbons (Fsp3) is 0. The summed E-state index contributed by atoms with van der Waals surface area (Å²) in [4.78, 5) is 30.6. The van der Waals surface area contributed by atoms with Crippen LogP contribution in [0.2, 0.25) is 0 Å². The molecule has 0 fully saturated rings. The van der Waals surface area contributed by atoms with Crippen molar-refractivity contribution in [3.05, 3.63) is 467 Å². The maximum absolute atomic E-state index is 6.62. The highest BCUT2D eigenvalue weighted by atomic mass is 32.1. The predicted molar refractivity (Wildman–Crippen MR) is 573 cm³/mol. The number of hydrogen-bond acceptors (Lipinski definition) is 9. The normalized spacial score (nSPS) is 11.8. The van der Waals surface area contributed by atoms with E-state index in [2.05, 4.69) is 366 Å². The first-order valence-corrected chi connectivity index (χ1v) is 47.2. The van der Waals surface area contributed by atoms with Gasteiger partial charge in [-0.05, 0) is 177 Å². The lowest BCUT2D eigenvalue weighted by molar-refractivity contribution is 0.672. The third kappa shape index (κ3) is 13.5. The first-order chi connectivity index (χ1) is 68.4. The van der Waals surface area contributed by atoms with E-state index in [4.69, 9.17) is 38.7 Å². The Morgan fingerprint density at radius 3 is 1.24 bits per heavy atom. The fourth-order valence-electron chi connectivity index (χ4n) is 20.5. The Morgan fingerprint density at radius 1 is 0.210 bits per heavy atom. The fourth-order valence-corrected chi connectivity index (χ4v) is 21.8. The van der Waals surface area contributed by atoms with Crippen molar-refractivity contribution in [1.82, 2.24) is 43.6 Å². The van der Waals surface area contributed by atoms with Gasteiger partial charge in [0.1, 0.15) is 33.8 Å². The van der Waals surface area contributed by atoms with E-state index in [1.54, 1.807) is 0 Å². The molecule has 0 bridgehead atoms. The Morgan fingerprint density at radius 2 is 0.616 bits per heavy atom. The Kier molecular flexibility index (Phi) is 18.9. The second kappa shape index (κ2) is 32.8. The highest BCUT2D eigenvalue weighted by Crippen LogP contribution is 2.49. The van der Waals surface area contributed by atoms with E-state index in [0.29, 0.717) is 17.5 Å². The molecule has 9 heterocycles. The summed E-state index contributed by atoms with van der Waals surface area (Å²) in [5.41, 5.74) is 28.1. The number of aromatic nitrogens is 9. The van der Waals surface area contributed by atoms with Gasteiger partial charge in [-0.3, -0.25) is 9.13 Å². The number of benzene rings is 20. The Hall–Kier alpha value is -18.4. The van der Waals surface area contributed by atoms with E-state index in [1.807, 2.05) is 127 Å². The Balaban J connectivity index is 0.000000105. The van der Waals surface area contributed by atoms with Gasteiger partial charge in [-0.1, -0.05) is 346 Å². The van der Waals surface area contributed by atoms with Crippen molar-refractivity contribution in [2.75, 3.05) is 0 Å². The average molecular weight is 1780 g/mol. The van der Waals surface area contributed by atoms with Crippen LogP contribution in [0.1, 0.15) is 0 Å². The highest BCUT2D eigenvalue weighted by molar-refractivity contribution is 7.26. The average Bonchev–Trinajstić information content (AvgIpc) is 1.56. The summed E-state index contributed by atoms with van der Waals surface area (Å²) in [6.45, 7) is 0. The van der Waals surface area contributed by atoms with Crippen LogP contribution in [0.4, 0.5) is 0 Å². The SMILES string of the molecule is c1ccc(-c2ccc(-c3cc(-n4c5ccccc5c5c6oc7ccccc7c6ccc54)nc4ccccc34)cc2)cc1.c1ccc(-c2ccc3c4c5sc6ccccc6c5ccc4n(-c4ccc(-c5nc(-c6ccccc6)nc(-c6ccccc6)n5)cc4)c3c2)cc1.c1ccc(-c2nc3ccccc3nc2-n2c3cc(-c4ccc5ccccc5c4)ccc3c3c4oc5ccccc5c4ccc32)cc1. The Labute approximate surface area is 794 Å². The summed E-state index contributed by atoms with van der Waals surface area (Å²) in [5.74, 6) is 3.63. The molecule has 0 aliphatic rings. The lowest BCUT2D eigenvalue weighted by Crippen LogP contribution is -2.03. The summed E-state index contributed by atoms with van der Waals surface area (Å²) < 4.78 is 22.7. The van der Waals surface area contributed by atoms with Crippen molar-refractivity contribution in [2.45, 2.75) is 0 Å². The van der Waals surface area contributed by atoms with Crippen molar-refractivity contribution in [1.29, 1.82) is 0 Å². The van der Waals surface area contributed by atoms with Crippen LogP contribution in [0.25, 0.3) is 269 Å². The topological polar surface area (TPSA) is 118 Å². The smallest absolute Gasteiger partial charge is 0.165 e. The molecule has 0 spiro atoms. The zero-order valence-electron chi connectivity index (χ0n) is 74.2. The van der Waals surface area contributed by atoms with Gasteiger partial charge in [0, 0.05) is 96.6 Å². The third-order valence-electron chi connectivity index (χ3n) is 27.0. The van der Waals surface area contributed by atoms with E-state index >= 15 is 0 Å². The molecule has 9 aromatic heterocycles. The minimum atomic E-state index is 0.643. The molecule has 0 saturated heterocycles. The van der Waals surface area contributed by atoms with Crippen LogP contribution in [0.5, 0.6) is 0 Å². The third-order valence-corrected chi connectivity index (χ3v) is 28.3. The predicted octanol–water partition coefficient (Wildman–Crippen LogP) is 33.7. The molecule has 0 amide bonds. The van der Waals surface area contributed by atoms with Gasteiger partial charge in [0.2, 0.25) is 0 Å². The lowest BCUT2D eigenvalue weighted by Gasteiger charge is -2.14. The maximum Gasteiger partial charge on any atom is 0.165 e. The van der Waals surface area contributed by atoms with Crippen LogP contribution in [-0.2, 0) is 0 Å². The monoisotopic (exact) mass is 1780 g/mol. The molecule has 0 unspecified atom stereocenters. The lowest BCUT2D eigenvalue weighted by atomic mass is 9.98. The molecular weight excluding hydrogens is 1700 g/mol. The molecule has 29 rings (SSSR count). The summed E-state index contributed by atoms with van der Waals surface area (Å²) in [5, 5.41) is 17.7. The molecule has 0 atom stereocenters. The van der Waals surface area contributed by atoms with Crippen LogP contribution in [0, 0.1) is 0 Å². The van der Waals surface area contributed by atoms with Crippen molar-refractivity contribution in [3.8, 4) is 107 Å². The van der Waals surface area contributed by atoms with E-state index < -0.39 is 0 Å². The van der Waals surface area contributed by atoms with Crippen molar-refractivity contribution in [2.24, 2.45) is 0 Å². The number of furan rings is 2. The van der Waals surface area contributed by atoms with Crippen molar-refractivity contribution < 1.29 is 8.83 Å². The molecule has 0 N–H and O–H groups in total. The number of fused-ring (bicyclic) bond motifs is 24. The number of nitrogens with zero attached hydrogens (tertiary/aromatic N) is 9. The van der Waals surface area contributed by atoms with Gasteiger partial charge in [-0.2, -0.15) is 0 Å². The maximum atomic E-state index is 6.62. The first-order valence-electron chi connectivity index (χ1n) is 46.4. The van der Waals surface area contributed by atoms with Gasteiger partial charge >= 0.3 is 0 Å². The van der Waals surface area contributed by atoms with Gasteiger partial charge in [0.25, 0.3) is 0 Å². The van der Waals surface area contributed by atoms with Gasteiger partial charge < -0.3 is 13.4 Å². The standard InChI is InChI=1S/C45H28N4S.C42H25N3O.C39H24N2O/c1-4-12-29(13-5-1)33-22-25-37-39(28-33)49(38-27-26-36-35-18-10-11-19-40(35)50-42(36)41(37)38)34-23-20-32(21-24-34)45-47-43(30-14-6-2-7-15-30)46-44(48-45)31-16-8-3-9-17-31;1-2-11-27(12-3-1)40-42(44-35-16-8-7-15-34(35)43-40)45-36-23-22-32-31-14-6-9-17-38(31)46-41(32)39(36)33-21-20-30(25-37(33)45)29-19-18-26-10-4-5-13-28(26)24-29;1-2-10-25(11-3-1)26-18-20-27(21-19-26)32-24-37(40-33-15-7-4-12-28(32)33)41-34-16-8-5-14-31(34)38-35(41)23-22-30-29-13-6-9-17-36(29)42-39(30)38/h1-28H;1-25H;1-24H. The van der Waals surface area contributed by atoms with Crippen LogP contribution < -0.4 is 0 Å². The quantitative estimate of drug-likeness (QED) is 0.126. The van der Waals surface area contributed by atoms with Gasteiger partial charge in [0.05, 0.1) is 60.4 Å². The molecule has 0 aliphatic carbocycles. The highest BCUT2D eigenvalue weighted by Gasteiger charge is 2.27. The molecule has 20 aromatic carbocycles. The largest absolute Gasteiger partial charge is 0.455 e. The summed E-state index contributed by atoms with van der Waals surface area (Å²) in [7, 11) is 0. The van der Waals surface area contributed by atoms with Crippen LogP contribution in [0.3, 0.4) is 0 Å². The van der Waals surface area contributed by atoms with Gasteiger partial charge in [-0.15, -0.1) is 11.3 Å².